The van der Waals surface area contributed by atoms with Crippen LogP contribution < -0.4 is 5.73 Å². The van der Waals surface area contributed by atoms with Crippen molar-refractivity contribution in [1.29, 1.82) is 0 Å². The minimum absolute atomic E-state index is 0.244. The monoisotopic (exact) mass is 205 g/mol. The zero-order valence-corrected chi connectivity index (χ0v) is 9.28. The lowest BCUT2D eigenvalue weighted by atomic mass is 10.1. The SMILES string of the molecule is Cc1ccccc1CO[C@H]1CCC[C@@H]1N. The largest absolute Gasteiger partial charge is 0.372 e. The summed E-state index contributed by atoms with van der Waals surface area (Å²) in [6.45, 7) is 2.82. The van der Waals surface area contributed by atoms with Gasteiger partial charge in [-0.25, -0.2) is 0 Å². The van der Waals surface area contributed by atoms with E-state index in [9.17, 15) is 0 Å². The van der Waals surface area contributed by atoms with E-state index in [-0.39, 0.29) is 12.1 Å². The van der Waals surface area contributed by atoms with E-state index >= 15 is 0 Å². The number of ether oxygens (including phenoxy) is 1. The molecule has 2 N–H and O–H groups in total. The molecule has 2 atom stereocenters. The van der Waals surface area contributed by atoms with Crippen LogP contribution in [0.2, 0.25) is 0 Å². The van der Waals surface area contributed by atoms with E-state index in [4.69, 9.17) is 10.5 Å². The number of hydrogen-bond donors (Lipinski definition) is 1. The zero-order chi connectivity index (χ0) is 10.7. The van der Waals surface area contributed by atoms with E-state index in [0.717, 1.165) is 12.8 Å². The highest BCUT2D eigenvalue weighted by Crippen LogP contribution is 2.22. The highest BCUT2D eigenvalue weighted by molar-refractivity contribution is 5.24. The molecule has 1 aromatic carbocycles. The molecule has 15 heavy (non-hydrogen) atoms. The summed E-state index contributed by atoms with van der Waals surface area (Å²) < 4.78 is 5.86. The highest BCUT2D eigenvalue weighted by atomic mass is 16.5. The number of rotatable bonds is 3. The van der Waals surface area contributed by atoms with Crippen LogP contribution in [0.3, 0.4) is 0 Å². The summed E-state index contributed by atoms with van der Waals surface area (Å²) >= 11 is 0. The molecule has 0 unspecified atom stereocenters. The minimum Gasteiger partial charge on any atom is -0.372 e. The topological polar surface area (TPSA) is 35.2 Å². The molecule has 0 spiro atoms. The van der Waals surface area contributed by atoms with Crippen molar-refractivity contribution in [3.8, 4) is 0 Å². The Hall–Kier alpha value is -0.860. The summed E-state index contributed by atoms with van der Waals surface area (Å²) in [5, 5.41) is 0. The summed E-state index contributed by atoms with van der Waals surface area (Å²) in [4.78, 5) is 0. The van der Waals surface area contributed by atoms with Gasteiger partial charge in [0.05, 0.1) is 12.7 Å². The molecule has 1 aliphatic rings. The van der Waals surface area contributed by atoms with Crippen LogP contribution in [-0.4, -0.2) is 12.1 Å². The fourth-order valence-electron chi connectivity index (χ4n) is 2.13. The summed E-state index contributed by atoms with van der Waals surface area (Å²) in [5.41, 5.74) is 8.53. The summed E-state index contributed by atoms with van der Waals surface area (Å²) in [6.07, 6.45) is 3.70. The maximum Gasteiger partial charge on any atom is 0.0730 e. The van der Waals surface area contributed by atoms with Crippen molar-refractivity contribution in [2.24, 2.45) is 5.73 Å². The Kier molecular flexibility index (Phi) is 3.39. The molecule has 2 rings (SSSR count). The highest BCUT2D eigenvalue weighted by Gasteiger charge is 2.24. The van der Waals surface area contributed by atoms with Gasteiger partial charge in [0.2, 0.25) is 0 Å². The molecule has 82 valence electrons. The normalized spacial score (nSPS) is 25.7. The lowest BCUT2D eigenvalue weighted by Crippen LogP contribution is -2.31. The van der Waals surface area contributed by atoms with Crippen LogP contribution in [0.5, 0.6) is 0 Å². The summed E-state index contributed by atoms with van der Waals surface area (Å²) in [6, 6.07) is 8.60. The molecule has 1 aromatic rings. The van der Waals surface area contributed by atoms with Crippen molar-refractivity contribution in [1.82, 2.24) is 0 Å². The Morgan fingerprint density at radius 2 is 2.13 bits per heavy atom. The van der Waals surface area contributed by atoms with Crippen molar-refractivity contribution in [2.75, 3.05) is 0 Å². The van der Waals surface area contributed by atoms with E-state index in [1.54, 1.807) is 0 Å². The first-order chi connectivity index (χ1) is 7.27. The molecule has 0 bridgehead atoms. The molecule has 0 heterocycles. The van der Waals surface area contributed by atoms with Crippen LogP contribution in [0.4, 0.5) is 0 Å². The van der Waals surface area contributed by atoms with Gasteiger partial charge in [-0.2, -0.15) is 0 Å². The predicted molar refractivity (Wildman–Crippen MR) is 61.6 cm³/mol. The second kappa shape index (κ2) is 4.77. The molecular weight excluding hydrogens is 186 g/mol. The fraction of sp³-hybridized carbons (Fsp3) is 0.538. The lowest BCUT2D eigenvalue weighted by Gasteiger charge is -2.17. The Labute approximate surface area is 91.4 Å². The van der Waals surface area contributed by atoms with Gasteiger partial charge in [0.15, 0.2) is 0 Å². The van der Waals surface area contributed by atoms with Crippen LogP contribution in [0.25, 0.3) is 0 Å². The number of hydrogen-bond acceptors (Lipinski definition) is 2. The lowest BCUT2D eigenvalue weighted by molar-refractivity contribution is 0.0355. The van der Waals surface area contributed by atoms with Crippen LogP contribution in [0, 0.1) is 6.92 Å². The molecule has 0 amide bonds. The quantitative estimate of drug-likeness (QED) is 0.822. The number of benzene rings is 1. The molecule has 0 aliphatic heterocycles. The van der Waals surface area contributed by atoms with Crippen LogP contribution in [0.1, 0.15) is 30.4 Å². The third-order valence-electron chi connectivity index (χ3n) is 3.22. The van der Waals surface area contributed by atoms with Crippen LogP contribution >= 0.6 is 0 Å². The van der Waals surface area contributed by atoms with Gasteiger partial charge in [-0.15, -0.1) is 0 Å². The average molecular weight is 205 g/mol. The Morgan fingerprint density at radius 1 is 1.33 bits per heavy atom. The average Bonchev–Trinajstić information content (AvgIpc) is 2.63. The number of aryl methyl sites for hydroxylation is 1. The Bertz CT molecular complexity index is 324. The van der Waals surface area contributed by atoms with Crippen molar-refractivity contribution < 1.29 is 4.74 Å². The van der Waals surface area contributed by atoms with Gasteiger partial charge >= 0.3 is 0 Å². The van der Waals surface area contributed by atoms with Gasteiger partial charge in [0, 0.05) is 6.04 Å². The third-order valence-corrected chi connectivity index (χ3v) is 3.22. The molecule has 2 nitrogen and oxygen atoms in total. The molecular formula is C13H19NO. The van der Waals surface area contributed by atoms with E-state index < -0.39 is 0 Å². The molecule has 1 aliphatic carbocycles. The second-order valence-corrected chi connectivity index (χ2v) is 4.37. The van der Waals surface area contributed by atoms with E-state index in [2.05, 4.69) is 31.2 Å². The van der Waals surface area contributed by atoms with Gasteiger partial charge in [0.1, 0.15) is 0 Å². The minimum atomic E-state index is 0.244. The van der Waals surface area contributed by atoms with Crippen molar-refractivity contribution in [2.45, 2.75) is 44.9 Å². The standard InChI is InChI=1S/C13H19NO/c1-10-5-2-3-6-11(10)9-15-13-8-4-7-12(13)14/h2-3,5-6,12-13H,4,7-9,14H2,1H3/t12-,13-/m0/s1. The summed E-state index contributed by atoms with van der Waals surface area (Å²) in [7, 11) is 0. The zero-order valence-electron chi connectivity index (χ0n) is 9.28. The first kappa shape index (κ1) is 10.7. The van der Waals surface area contributed by atoms with Crippen LogP contribution in [-0.2, 0) is 11.3 Å². The van der Waals surface area contributed by atoms with Gasteiger partial charge in [-0.1, -0.05) is 24.3 Å². The van der Waals surface area contributed by atoms with Gasteiger partial charge in [-0.05, 0) is 37.3 Å². The van der Waals surface area contributed by atoms with Gasteiger partial charge in [0.25, 0.3) is 0 Å². The maximum absolute atomic E-state index is 5.96. The van der Waals surface area contributed by atoms with Crippen molar-refractivity contribution >= 4 is 0 Å². The smallest absolute Gasteiger partial charge is 0.0730 e. The molecule has 1 saturated carbocycles. The third kappa shape index (κ3) is 2.58. The maximum atomic E-state index is 5.96. The predicted octanol–water partition coefficient (Wildman–Crippen LogP) is 2.39. The molecule has 1 fully saturated rings. The molecule has 2 heteroatoms. The fourth-order valence-corrected chi connectivity index (χ4v) is 2.13. The first-order valence-corrected chi connectivity index (χ1v) is 5.69. The van der Waals surface area contributed by atoms with Gasteiger partial charge in [-0.3, -0.25) is 0 Å². The Morgan fingerprint density at radius 3 is 2.80 bits per heavy atom. The van der Waals surface area contributed by atoms with E-state index in [1.807, 2.05) is 0 Å². The summed E-state index contributed by atoms with van der Waals surface area (Å²) in [5.74, 6) is 0. The second-order valence-electron chi connectivity index (χ2n) is 4.37. The van der Waals surface area contributed by atoms with Gasteiger partial charge < -0.3 is 10.5 Å². The van der Waals surface area contributed by atoms with Crippen LogP contribution in [0.15, 0.2) is 24.3 Å². The van der Waals surface area contributed by atoms with E-state index in [0.29, 0.717) is 6.61 Å². The molecule has 0 radical (unpaired) electrons. The molecule has 0 aromatic heterocycles. The Balaban J connectivity index is 1.90. The molecule has 0 saturated heterocycles. The van der Waals surface area contributed by atoms with Crippen molar-refractivity contribution in [3.63, 3.8) is 0 Å². The van der Waals surface area contributed by atoms with Crippen molar-refractivity contribution in [3.05, 3.63) is 35.4 Å². The number of nitrogens with two attached hydrogens (primary N) is 1. The van der Waals surface area contributed by atoms with E-state index in [1.165, 1.54) is 17.5 Å². The first-order valence-electron chi connectivity index (χ1n) is 5.69.